The highest BCUT2D eigenvalue weighted by molar-refractivity contribution is 8.00. The number of hydrogen-bond acceptors (Lipinski definition) is 8. The van der Waals surface area contributed by atoms with E-state index in [2.05, 4.69) is 10.3 Å². The van der Waals surface area contributed by atoms with E-state index < -0.39 is 5.97 Å². The number of aryl methyl sites for hydroxylation is 1. The Labute approximate surface area is 225 Å². The molecule has 1 aromatic carbocycles. The molecule has 0 atom stereocenters. The highest BCUT2D eigenvalue weighted by Crippen LogP contribution is 2.39. The van der Waals surface area contributed by atoms with E-state index in [0.29, 0.717) is 40.1 Å². The van der Waals surface area contributed by atoms with Crippen molar-refractivity contribution in [2.75, 3.05) is 37.1 Å². The number of fused-ring (bicyclic) bond motifs is 2. The summed E-state index contributed by atoms with van der Waals surface area (Å²) in [6.07, 6.45) is 2.71. The van der Waals surface area contributed by atoms with E-state index in [9.17, 15) is 14.4 Å². The number of ether oxygens (including phenoxy) is 2. The largest absolute Gasteiger partial charge is 0.465 e. The van der Waals surface area contributed by atoms with Gasteiger partial charge in [-0.25, -0.2) is 4.79 Å². The normalized spacial score (nSPS) is 13.2. The van der Waals surface area contributed by atoms with Crippen LogP contribution in [0.3, 0.4) is 0 Å². The first kappa shape index (κ1) is 26.9. The molecular formula is C24H26ClN3O5S3. The number of rotatable bonds is 10. The predicted octanol–water partition coefficient (Wildman–Crippen LogP) is 4.53. The molecule has 2 aromatic heterocycles. The molecule has 0 bridgehead atoms. The third kappa shape index (κ3) is 6.20. The topological polar surface area (TPSA) is 99.0 Å². The zero-order valence-electron chi connectivity index (χ0n) is 19.9. The van der Waals surface area contributed by atoms with E-state index >= 15 is 0 Å². The van der Waals surface area contributed by atoms with Crippen molar-refractivity contribution in [2.24, 2.45) is 4.99 Å². The maximum atomic E-state index is 12.6. The molecule has 1 aliphatic carbocycles. The van der Waals surface area contributed by atoms with Gasteiger partial charge in [-0.15, -0.1) is 23.1 Å². The SMILES string of the molecule is CCOCCn1c(=NC(=O)CSCC(=O)Nc2sc3c(c2C(=O)OC)CCC3)sc2cc(Cl)ccc21. The minimum atomic E-state index is -0.436. The Morgan fingerprint density at radius 1 is 1.22 bits per heavy atom. The minimum absolute atomic E-state index is 0.0542. The van der Waals surface area contributed by atoms with Crippen LogP contribution in [0.15, 0.2) is 23.2 Å². The van der Waals surface area contributed by atoms with Gasteiger partial charge in [0.2, 0.25) is 5.91 Å². The zero-order chi connectivity index (χ0) is 25.7. The number of methoxy groups -OCH3 is 1. The van der Waals surface area contributed by atoms with E-state index in [1.165, 1.54) is 41.5 Å². The van der Waals surface area contributed by atoms with Crippen LogP contribution in [0.25, 0.3) is 10.2 Å². The second-order valence-electron chi connectivity index (χ2n) is 7.94. The molecule has 0 spiro atoms. The van der Waals surface area contributed by atoms with Gasteiger partial charge in [0, 0.05) is 23.1 Å². The average molecular weight is 568 g/mol. The molecule has 36 heavy (non-hydrogen) atoms. The van der Waals surface area contributed by atoms with Crippen molar-refractivity contribution in [3.63, 3.8) is 0 Å². The van der Waals surface area contributed by atoms with Crippen LogP contribution in [-0.4, -0.2) is 54.2 Å². The summed E-state index contributed by atoms with van der Waals surface area (Å²) in [6.45, 7) is 3.60. The van der Waals surface area contributed by atoms with Crippen molar-refractivity contribution >= 4 is 79.0 Å². The van der Waals surface area contributed by atoms with E-state index in [1.807, 2.05) is 29.7 Å². The molecule has 0 fully saturated rings. The molecule has 2 amide bonds. The molecule has 2 heterocycles. The molecule has 3 aromatic rings. The number of amides is 2. The van der Waals surface area contributed by atoms with Crippen LogP contribution in [0.4, 0.5) is 5.00 Å². The molecule has 0 radical (unpaired) electrons. The van der Waals surface area contributed by atoms with Gasteiger partial charge >= 0.3 is 5.97 Å². The number of thiazole rings is 1. The third-order valence-corrected chi connectivity index (χ3v) is 8.95. The van der Waals surface area contributed by atoms with Gasteiger partial charge in [0.25, 0.3) is 5.91 Å². The summed E-state index contributed by atoms with van der Waals surface area (Å²) in [5.41, 5.74) is 2.37. The molecular weight excluding hydrogens is 542 g/mol. The smallest absolute Gasteiger partial charge is 0.341 e. The molecule has 0 unspecified atom stereocenters. The molecule has 0 aliphatic heterocycles. The monoisotopic (exact) mass is 567 g/mol. The van der Waals surface area contributed by atoms with Gasteiger partial charge in [0.15, 0.2) is 4.80 Å². The van der Waals surface area contributed by atoms with Crippen LogP contribution in [0, 0.1) is 0 Å². The molecule has 192 valence electrons. The number of esters is 1. The molecule has 0 saturated carbocycles. The Kier molecular flexibility index (Phi) is 9.24. The van der Waals surface area contributed by atoms with Crippen molar-refractivity contribution < 1.29 is 23.9 Å². The van der Waals surface area contributed by atoms with Crippen molar-refractivity contribution in [1.29, 1.82) is 0 Å². The first-order valence-corrected chi connectivity index (χ1v) is 14.6. The van der Waals surface area contributed by atoms with Gasteiger partial charge in [-0.1, -0.05) is 22.9 Å². The second-order valence-corrected chi connectivity index (χ2v) is 11.5. The van der Waals surface area contributed by atoms with Crippen molar-refractivity contribution in [3.8, 4) is 0 Å². The summed E-state index contributed by atoms with van der Waals surface area (Å²) in [7, 11) is 1.34. The van der Waals surface area contributed by atoms with Gasteiger partial charge in [0.05, 0.1) is 41.0 Å². The average Bonchev–Trinajstić information content (AvgIpc) is 3.51. The molecule has 4 rings (SSSR count). The number of nitrogens with one attached hydrogen (secondary N) is 1. The third-order valence-electron chi connectivity index (χ3n) is 5.55. The zero-order valence-corrected chi connectivity index (χ0v) is 23.1. The van der Waals surface area contributed by atoms with Gasteiger partial charge in [-0.05, 0) is 49.9 Å². The quantitative estimate of drug-likeness (QED) is 0.285. The number of carbonyl (C=O) groups excluding carboxylic acids is 3. The number of hydrogen-bond donors (Lipinski definition) is 1. The molecule has 1 N–H and O–H groups in total. The summed E-state index contributed by atoms with van der Waals surface area (Å²) in [5, 5.41) is 3.96. The van der Waals surface area contributed by atoms with Crippen LogP contribution in [0.1, 0.15) is 34.1 Å². The first-order chi connectivity index (χ1) is 17.4. The fourth-order valence-corrected chi connectivity index (χ4v) is 7.23. The maximum Gasteiger partial charge on any atom is 0.341 e. The van der Waals surface area contributed by atoms with Gasteiger partial charge in [-0.2, -0.15) is 4.99 Å². The summed E-state index contributed by atoms with van der Waals surface area (Å²) >= 11 is 10.1. The highest BCUT2D eigenvalue weighted by Gasteiger charge is 2.28. The number of benzene rings is 1. The summed E-state index contributed by atoms with van der Waals surface area (Å²) < 4.78 is 13.3. The minimum Gasteiger partial charge on any atom is -0.465 e. The van der Waals surface area contributed by atoms with Crippen LogP contribution >= 0.6 is 46.0 Å². The Morgan fingerprint density at radius 2 is 2.06 bits per heavy atom. The van der Waals surface area contributed by atoms with E-state index in [1.54, 1.807) is 0 Å². The lowest BCUT2D eigenvalue weighted by Crippen LogP contribution is -2.20. The van der Waals surface area contributed by atoms with E-state index in [-0.39, 0.29) is 23.3 Å². The van der Waals surface area contributed by atoms with Gasteiger partial charge in [-0.3, -0.25) is 9.59 Å². The lowest BCUT2D eigenvalue weighted by atomic mass is 10.1. The number of thioether (sulfide) groups is 1. The molecule has 0 saturated heterocycles. The summed E-state index contributed by atoms with van der Waals surface area (Å²) in [5.74, 6) is -0.925. The van der Waals surface area contributed by atoms with Crippen molar-refractivity contribution in [1.82, 2.24) is 4.57 Å². The second kappa shape index (κ2) is 12.4. The Hall–Kier alpha value is -2.18. The number of nitrogens with zero attached hydrogens (tertiary/aromatic N) is 2. The summed E-state index contributed by atoms with van der Waals surface area (Å²) in [4.78, 5) is 43.4. The fourth-order valence-electron chi connectivity index (χ4n) is 3.99. The number of halogens is 1. The van der Waals surface area contributed by atoms with Gasteiger partial charge in [0.1, 0.15) is 5.00 Å². The number of carbonyl (C=O) groups is 3. The Bertz CT molecular complexity index is 1360. The van der Waals surface area contributed by atoms with Crippen LogP contribution in [0.5, 0.6) is 0 Å². The number of anilines is 1. The predicted molar refractivity (Wildman–Crippen MR) is 146 cm³/mol. The van der Waals surface area contributed by atoms with Crippen molar-refractivity contribution in [3.05, 3.63) is 44.0 Å². The van der Waals surface area contributed by atoms with Crippen LogP contribution < -0.4 is 10.1 Å². The lowest BCUT2D eigenvalue weighted by molar-refractivity contribution is -0.115. The number of thiophene rings is 1. The van der Waals surface area contributed by atoms with E-state index in [4.69, 9.17) is 21.1 Å². The maximum absolute atomic E-state index is 12.6. The summed E-state index contributed by atoms with van der Waals surface area (Å²) in [6, 6.07) is 5.57. The Morgan fingerprint density at radius 3 is 2.83 bits per heavy atom. The number of aromatic nitrogens is 1. The van der Waals surface area contributed by atoms with E-state index in [0.717, 1.165) is 39.9 Å². The molecule has 8 nitrogen and oxygen atoms in total. The standard InChI is InChI=1S/C24H26ClN3O5S3/c1-3-33-10-9-28-16-8-7-14(25)11-18(16)36-24(28)27-20(30)13-34-12-19(29)26-22-21(23(31)32-2)15-5-4-6-17(15)35-22/h7-8,11H,3-6,9-10,12-13H2,1-2H3,(H,26,29). The van der Waals surface area contributed by atoms with Gasteiger partial charge < -0.3 is 19.4 Å². The first-order valence-electron chi connectivity index (χ1n) is 11.5. The van der Waals surface area contributed by atoms with Crippen molar-refractivity contribution in [2.45, 2.75) is 32.7 Å². The lowest BCUT2D eigenvalue weighted by Gasteiger charge is -2.07. The van der Waals surface area contributed by atoms with Crippen LogP contribution in [-0.2, 0) is 38.4 Å². The highest BCUT2D eigenvalue weighted by atomic mass is 35.5. The molecule has 12 heteroatoms. The van der Waals surface area contributed by atoms with Crippen LogP contribution in [0.2, 0.25) is 5.02 Å². The molecule has 1 aliphatic rings. The Balaban J connectivity index is 1.40. The fraction of sp³-hybridized carbons (Fsp3) is 0.417.